The average molecular weight is 397 g/mol. The summed E-state index contributed by atoms with van der Waals surface area (Å²) in [5, 5.41) is 0.445. The molecule has 2 rings (SSSR count). The van der Waals surface area contributed by atoms with Crippen molar-refractivity contribution in [1.82, 2.24) is 4.31 Å². The maximum Gasteiger partial charge on any atom is 0.243 e. The van der Waals surface area contributed by atoms with E-state index in [1.54, 1.807) is 45.3 Å². The maximum atomic E-state index is 12.8. The fourth-order valence-corrected chi connectivity index (χ4v) is 3.87. The zero-order valence-corrected chi connectivity index (χ0v) is 16.4. The number of nitrogens with zero attached hydrogens (tertiary/aromatic N) is 2. The summed E-state index contributed by atoms with van der Waals surface area (Å²) in [5.41, 5.74) is 0.620. The first-order valence-electron chi connectivity index (χ1n) is 7.96. The van der Waals surface area contributed by atoms with Gasteiger partial charge in [0, 0.05) is 30.4 Å². The summed E-state index contributed by atoms with van der Waals surface area (Å²) in [4.78, 5) is 14.1. The molecule has 2 aromatic carbocycles. The Balaban J connectivity index is 2.20. The van der Waals surface area contributed by atoms with Crippen LogP contribution in [0.25, 0.3) is 0 Å². The molecule has 0 aliphatic carbocycles. The van der Waals surface area contributed by atoms with Crippen LogP contribution < -0.4 is 9.64 Å². The molecule has 0 saturated carbocycles. The number of likely N-dealkylation sites (N-methyl/N-ethyl adjacent to an activating group) is 2. The molecule has 0 aliphatic rings. The van der Waals surface area contributed by atoms with E-state index < -0.39 is 10.0 Å². The number of hydrogen-bond donors (Lipinski definition) is 0. The first-order chi connectivity index (χ1) is 12.3. The number of anilines is 1. The number of amides is 1. The van der Waals surface area contributed by atoms with Crippen molar-refractivity contribution in [3.63, 3.8) is 0 Å². The SMILES string of the molecule is CCN(CC(=O)N(C)c1cccc(OC)c1)S(=O)(=O)c1ccc(Cl)cc1. The van der Waals surface area contributed by atoms with Gasteiger partial charge in [0.05, 0.1) is 18.6 Å². The van der Waals surface area contributed by atoms with Crippen molar-refractivity contribution in [3.8, 4) is 5.75 Å². The van der Waals surface area contributed by atoms with Gasteiger partial charge >= 0.3 is 0 Å². The minimum Gasteiger partial charge on any atom is -0.497 e. The van der Waals surface area contributed by atoms with E-state index in [-0.39, 0.29) is 23.9 Å². The molecule has 0 radical (unpaired) electrons. The van der Waals surface area contributed by atoms with E-state index in [0.29, 0.717) is 16.5 Å². The highest BCUT2D eigenvalue weighted by atomic mass is 35.5. The molecule has 26 heavy (non-hydrogen) atoms. The Morgan fingerprint density at radius 2 is 1.81 bits per heavy atom. The van der Waals surface area contributed by atoms with E-state index in [4.69, 9.17) is 16.3 Å². The number of methoxy groups -OCH3 is 1. The predicted octanol–water partition coefficient (Wildman–Crippen LogP) is 3.02. The van der Waals surface area contributed by atoms with Crippen LogP contribution in [-0.4, -0.2) is 45.9 Å². The van der Waals surface area contributed by atoms with Crippen molar-refractivity contribution >= 4 is 33.2 Å². The van der Waals surface area contributed by atoms with E-state index >= 15 is 0 Å². The predicted molar refractivity (Wildman–Crippen MR) is 102 cm³/mol. The van der Waals surface area contributed by atoms with Gasteiger partial charge in [-0.15, -0.1) is 0 Å². The molecule has 0 spiro atoms. The zero-order valence-electron chi connectivity index (χ0n) is 14.8. The Labute approximate surface area is 159 Å². The summed E-state index contributed by atoms with van der Waals surface area (Å²) in [6.07, 6.45) is 0. The van der Waals surface area contributed by atoms with Crippen LogP contribution in [-0.2, 0) is 14.8 Å². The van der Waals surface area contributed by atoms with Crippen molar-refractivity contribution in [2.75, 3.05) is 32.1 Å². The third-order valence-corrected chi connectivity index (χ3v) is 6.12. The molecule has 0 atom stereocenters. The highest BCUT2D eigenvalue weighted by Gasteiger charge is 2.26. The Morgan fingerprint density at radius 3 is 2.38 bits per heavy atom. The van der Waals surface area contributed by atoms with Gasteiger partial charge < -0.3 is 9.64 Å². The Morgan fingerprint density at radius 1 is 1.15 bits per heavy atom. The quantitative estimate of drug-likeness (QED) is 0.721. The van der Waals surface area contributed by atoms with Crippen molar-refractivity contribution in [2.45, 2.75) is 11.8 Å². The van der Waals surface area contributed by atoms with Gasteiger partial charge in [-0.2, -0.15) is 4.31 Å². The molecule has 0 aliphatic heterocycles. The largest absolute Gasteiger partial charge is 0.497 e. The average Bonchev–Trinajstić information content (AvgIpc) is 2.65. The van der Waals surface area contributed by atoms with Crippen LogP contribution in [0.4, 0.5) is 5.69 Å². The summed E-state index contributed by atoms with van der Waals surface area (Å²) >= 11 is 5.81. The van der Waals surface area contributed by atoms with Crippen molar-refractivity contribution < 1.29 is 17.9 Å². The molecule has 0 aromatic heterocycles. The van der Waals surface area contributed by atoms with Crippen LogP contribution in [0, 0.1) is 0 Å². The lowest BCUT2D eigenvalue weighted by Gasteiger charge is -2.24. The van der Waals surface area contributed by atoms with Crippen molar-refractivity contribution in [2.24, 2.45) is 0 Å². The molecule has 6 nitrogen and oxygen atoms in total. The van der Waals surface area contributed by atoms with E-state index in [1.807, 2.05) is 0 Å². The number of sulfonamides is 1. The molecule has 0 fully saturated rings. The minimum absolute atomic E-state index is 0.0978. The monoisotopic (exact) mass is 396 g/mol. The Kier molecular flexibility index (Phi) is 6.63. The summed E-state index contributed by atoms with van der Waals surface area (Å²) in [6.45, 7) is 1.59. The zero-order chi connectivity index (χ0) is 19.3. The van der Waals surface area contributed by atoms with Crippen molar-refractivity contribution in [1.29, 1.82) is 0 Å². The van der Waals surface area contributed by atoms with Gasteiger partial charge in [-0.1, -0.05) is 24.6 Å². The highest BCUT2D eigenvalue weighted by molar-refractivity contribution is 7.89. The lowest BCUT2D eigenvalue weighted by Crippen LogP contribution is -2.41. The van der Waals surface area contributed by atoms with E-state index in [9.17, 15) is 13.2 Å². The standard InChI is InChI=1S/C18H21ClN2O4S/c1-4-21(26(23,24)17-10-8-14(19)9-11-17)13-18(22)20(2)15-6-5-7-16(12-15)25-3/h5-12H,4,13H2,1-3H3. The number of hydrogen-bond acceptors (Lipinski definition) is 4. The van der Waals surface area contributed by atoms with E-state index in [1.165, 1.54) is 29.2 Å². The summed E-state index contributed by atoms with van der Waals surface area (Å²) in [5.74, 6) is 0.265. The summed E-state index contributed by atoms with van der Waals surface area (Å²) in [6, 6.07) is 12.9. The van der Waals surface area contributed by atoms with Crippen LogP contribution in [0.2, 0.25) is 5.02 Å². The molecule has 1 amide bonds. The molecule has 0 N–H and O–H groups in total. The summed E-state index contributed by atoms with van der Waals surface area (Å²) < 4.78 is 31.8. The molecule has 0 unspecified atom stereocenters. The van der Waals surface area contributed by atoms with E-state index in [0.717, 1.165) is 4.31 Å². The Bertz CT molecular complexity index is 869. The normalized spacial score (nSPS) is 11.4. The van der Waals surface area contributed by atoms with Gasteiger partial charge in [-0.05, 0) is 36.4 Å². The number of rotatable bonds is 7. The Hall–Kier alpha value is -2.09. The summed E-state index contributed by atoms with van der Waals surface area (Å²) in [7, 11) is -0.652. The van der Waals surface area contributed by atoms with Gasteiger partial charge in [0.15, 0.2) is 0 Å². The molecular formula is C18H21ClN2O4S. The maximum absolute atomic E-state index is 12.8. The number of carbonyl (C=O) groups excluding carboxylic acids is 1. The minimum atomic E-state index is -3.79. The van der Waals surface area contributed by atoms with Crippen LogP contribution in [0.1, 0.15) is 6.92 Å². The second-order valence-corrected chi connectivity index (χ2v) is 7.91. The second kappa shape index (κ2) is 8.53. The molecule has 0 heterocycles. The first kappa shape index (κ1) is 20.2. The molecule has 8 heteroatoms. The van der Waals surface area contributed by atoms with Crippen LogP contribution >= 0.6 is 11.6 Å². The number of ether oxygens (including phenoxy) is 1. The van der Waals surface area contributed by atoms with Gasteiger partial charge in [-0.3, -0.25) is 4.79 Å². The van der Waals surface area contributed by atoms with Crippen LogP contribution in [0.15, 0.2) is 53.4 Å². The topological polar surface area (TPSA) is 66.9 Å². The number of benzene rings is 2. The molecule has 140 valence electrons. The fraction of sp³-hybridized carbons (Fsp3) is 0.278. The smallest absolute Gasteiger partial charge is 0.243 e. The van der Waals surface area contributed by atoms with Crippen LogP contribution in [0.5, 0.6) is 5.75 Å². The highest BCUT2D eigenvalue weighted by Crippen LogP contribution is 2.22. The second-order valence-electron chi connectivity index (χ2n) is 5.54. The van der Waals surface area contributed by atoms with Crippen molar-refractivity contribution in [3.05, 3.63) is 53.6 Å². The van der Waals surface area contributed by atoms with E-state index in [2.05, 4.69) is 0 Å². The third kappa shape index (κ3) is 4.55. The number of halogens is 1. The molecule has 0 saturated heterocycles. The van der Waals surface area contributed by atoms with Gasteiger partial charge in [0.2, 0.25) is 15.9 Å². The van der Waals surface area contributed by atoms with Gasteiger partial charge in [0.25, 0.3) is 0 Å². The third-order valence-electron chi connectivity index (χ3n) is 3.93. The molecule has 2 aromatic rings. The van der Waals surface area contributed by atoms with Gasteiger partial charge in [0.1, 0.15) is 5.75 Å². The lowest BCUT2D eigenvalue weighted by molar-refractivity contribution is -0.118. The molecular weight excluding hydrogens is 376 g/mol. The van der Waals surface area contributed by atoms with Gasteiger partial charge in [-0.25, -0.2) is 8.42 Å². The number of carbonyl (C=O) groups is 1. The lowest BCUT2D eigenvalue weighted by atomic mass is 10.2. The first-order valence-corrected chi connectivity index (χ1v) is 9.77. The van der Waals surface area contributed by atoms with Crippen LogP contribution in [0.3, 0.4) is 0 Å². The molecule has 0 bridgehead atoms. The fourth-order valence-electron chi connectivity index (χ4n) is 2.34.